The third-order valence-electron chi connectivity index (χ3n) is 6.23. The van der Waals surface area contributed by atoms with E-state index in [1.807, 2.05) is 49.4 Å². The minimum absolute atomic E-state index is 0.0805. The molecule has 1 N–H and O–H groups in total. The first-order chi connectivity index (χ1) is 16.9. The molecule has 0 radical (unpaired) electrons. The van der Waals surface area contributed by atoms with Gasteiger partial charge >= 0.3 is 18.0 Å². The number of anilines is 1. The lowest BCUT2D eigenvalue weighted by molar-refractivity contribution is -0.190. The highest BCUT2D eigenvalue weighted by atomic mass is 16.7. The first-order valence-electron chi connectivity index (χ1n) is 11.9. The van der Waals surface area contributed by atoms with Crippen LogP contribution in [0.3, 0.4) is 0 Å². The van der Waals surface area contributed by atoms with Gasteiger partial charge in [0.2, 0.25) is 0 Å². The number of ether oxygens (including phenoxy) is 2. The van der Waals surface area contributed by atoms with Gasteiger partial charge in [0.05, 0.1) is 31.7 Å². The Morgan fingerprint density at radius 3 is 2.46 bits per heavy atom. The lowest BCUT2D eigenvalue weighted by Crippen LogP contribution is -2.39. The Bertz CT molecular complexity index is 1070. The molecule has 2 heterocycles. The maximum absolute atomic E-state index is 13.0. The molecular weight excluding hydrogens is 452 g/mol. The number of rotatable bonds is 7. The lowest BCUT2D eigenvalue weighted by atomic mass is 10.0. The lowest BCUT2D eigenvalue weighted by Gasteiger charge is -2.30. The van der Waals surface area contributed by atoms with Crippen molar-refractivity contribution in [2.75, 3.05) is 37.7 Å². The summed E-state index contributed by atoms with van der Waals surface area (Å²) in [6.45, 7) is 4.05. The number of amides is 1. The molecule has 0 aliphatic carbocycles. The number of carbonyl (C=O) groups is 3. The maximum atomic E-state index is 13.0. The van der Waals surface area contributed by atoms with Crippen LogP contribution < -0.4 is 9.64 Å². The van der Waals surface area contributed by atoms with E-state index in [9.17, 15) is 14.4 Å². The van der Waals surface area contributed by atoms with Crippen LogP contribution in [0.5, 0.6) is 5.75 Å². The molecule has 0 bridgehead atoms. The third-order valence-corrected chi connectivity index (χ3v) is 6.23. The summed E-state index contributed by atoms with van der Waals surface area (Å²) >= 11 is 0. The van der Waals surface area contributed by atoms with E-state index in [1.165, 1.54) is 0 Å². The highest BCUT2D eigenvalue weighted by Crippen LogP contribution is 2.36. The Kier molecular flexibility index (Phi) is 7.87. The number of aliphatic carboxylic acids is 1. The van der Waals surface area contributed by atoms with Gasteiger partial charge in [0.15, 0.2) is 0 Å². The van der Waals surface area contributed by atoms with Crippen LogP contribution in [0.25, 0.3) is 0 Å². The summed E-state index contributed by atoms with van der Waals surface area (Å²) in [5, 5.41) is 10.3. The second-order valence-electron chi connectivity index (χ2n) is 8.76. The first-order valence-corrected chi connectivity index (χ1v) is 11.9. The molecule has 1 amide bonds. The second-order valence-corrected chi connectivity index (χ2v) is 8.76. The molecule has 2 aliphatic rings. The molecule has 2 aromatic carbocycles. The van der Waals surface area contributed by atoms with Crippen LogP contribution in [0, 0.1) is 0 Å². The summed E-state index contributed by atoms with van der Waals surface area (Å²) in [6, 6.07) is 13.8. The number of hydrogen-bond donors (Lipinski definition) is 1. The molecule has 4 rings (SSSR count). The molecule has 0 fully saturated rings. The van der Waals surface area contributed by atoms with Gasteiger partial charge in [-0.25, -0.2) is 4.79 Å². The van der Waals surface area contributed by atoms with Crippen molar-refractivity contribution in [2.45, 2.75) is 38.5 Å². The van der Waals surface area contributed by atoms with Gasteiger partial charge in [-0.3, -0.25) is 14.5 Å². The fourth-order valence-corrected chi connectivity index (χ4v) is 4.25. The fourth-order valence-electron chi connectivity index (χ4n) is 4.25. The Hall–Kier alpha value is -3.59. The smallest absolute Gasteiger partial charge is 0.414 e. The van der Waals surface area contributed by atoms with E-state index in [-0.39, 0.29) is 25.4 Å². The van der Waals surface area contributed by atoms with Crippen LogP contribution in [0.2, 0.25) is 0 Å². The Labute approximate surface area is 204 Å². The van der Waals surface area contributed by atoms with Gasteiger partial charge in [-0.15, -0.1) is 5.06 Å². The largest absolute Gasteiger partial charge is 0.490 e. The second kappa shape index (κ2) is 11.2. The number of benzene rings is 2. The van der Waals surface area contributed by atoms with Gasteiger partial charge in [-0.1, -0.05) is 37.3 Å². The molecule has 1 unspecified atom stereocenters. The van der Waals surface area contributed by atoms with Crippen molar-refractivity contribution >= 4 is 23.7 Å². The van der Waals surface area contributed by atoms with Gasteiger partial charge in [0.1, 0.15) is 12.4 Å². The number of carbonyl (C=O) groups excluding carboxylic acids is 2. The molecule has 9 nitrogen and oxygen atoms in total. The van der Waals surface area contributed by atoms with E-state index in [0.29, 0.717) is 50.5 Å². The minimum Gasteiger partial charge on any atom is -0.490 e. The van der Waals surface area contributed by atoms with Crippen molar-refractivity contribution < 1.29 is 33.8 Å². The standard InChI is InChI=1S/C26H30N2O7/c1-18(19-5-3-2-4-6-19)17-34-26(32)28-13-14-33-23-16-21-10-12-27(11-9-20(21)15-22(23)28)35-25(31)8-7-24(29)30/h2-6,15-16,18H,7-14,17H2,1H3,(H,29,30). The van der Waals surface area contributed by atoms with Gasteiger partial charge in [-0.2, -0.15) is 0 Å². The van der Waals surface area contributed by atoms with E-state index in [0.717, 1.165) is 16.7 Å². The average Bonchev–Trinajstić information content (AvgIpc) is 3.06. The molecule has 0 spiro atoms. The van der Waals surface area contributed by atoms with Crippen LogP contribution >= 0.6 is 0 Å². The van der Waals surface area contributed by atoms with Crippen LogP contribution in [-0.4, -0.2) is 61.0 Å². The predicted molar refractivity (Wildman–Crippen MR) is 127 cm³/mol. The fraction of sp³-hybridized carbons (Fsp3) is 0.423. The maximum Gasteiger partial charge on any atom is 0.414 e. The topological polar surface area (TPSA) is 106 Å². The molecule has 1 atom stereocenters. The van der Waals surface area contributed by atoms with Crippen LogP contribution in [0.4, 0.5) is 10.5 Å². The van der Waals surface area contributed by atoms with E-state index in [1.54, 1.807) is 9.96 Å². The molecule has 186 valence electrons. The molecule has 2 aromatic rings. The summed E-state index contributed by atoms with van der Waals surface area (Å²) in [7, 11) is 0. The van der Waals surface area contributed by atoms with Crippen molar-refractivity contribution in [1.82, 2.24) is 5.06 Å². The van der Waals surface area contributed by atoms with Gasteiger partial charge < -0.3 is 19.4 Å². The van der Waals surface area contributed by atoms with Crippen molar-refractivity contribution in [3.05, 3.63) is 59.2 Å². The zero-order valence-corrected chi connectivity index (χ0v) is 19.8. The van der Waals surface area contributed by atoms with Crippen molar-refractivity contribution in [1.29, 1.82) is 0 Å². The van der Waals surface area contributed by atoms with Crippen molar-refractivity contribution in [3.8, 4) is 5.75 Å². The van der Waals surface area contributed by atoms with Crippen molar-refractivity contribution in [2.24, 2.45) is 0 Å². The van der Waals surface area contributed by atoms with Crippen LogP contribution in [0.15, 0.2) is 42.5 Å². The number of fused-ring (bicyclic) bond motifs is 2. The summed E-state index contributed by atoms with van der Waals surface area (Å²) < 4.78 is 11.5. The zero-order chi connectivity index (χ0) is 24.8. The highest BCUT2D eigenvalue weighted by molar-refractivity contribution is 5.90. The van der Waals surface area contributed by atoms with Crippen molar-refractivity contribution in [3.63, 3.8) is 0 Å². The highest BCUT2D eigenvalue weighted by Gasteiger charge is 2.28. The molecule has 0 saturated heterocycles. The van der Waals surface area contributed by atoms with Gasteiger partial charge in [0, 0.05) is 19.0 Å². The number of hydroxylamine groups is 2. The summed E-state index contributed by atoms with van der Waals surface area (Å²) in [5.41, 5.74) is 3.91. The Balaban J connectivity index is 1.39. The number of carboxylic acids is 1. The first kappa shape index (κ1) is 24.5. The van der Waals surface area contributed by atoms with Gasteiger partial charge in [0.25, 0.3) is 0 Å². The average molecular weight is 483 g/mol. The number of carboxylic acid groups (broad SMARTS) is 1. The van der Waals surface area contributed by atoms with Crippen LogP contribution in [-0.2, 0) is 32.0 Å². The van der Waals surface area contributed by atoms with Crippen LogP contribution in [0.1, 0.15) is 42.4 Å². The van der Waals surface area contributed by atoms with E-state index < -0.39 is 18.0 Å². The molecular formula is C26H30N2O7. The summed E-state index contributed by atoms with van der Waals surface area (Å²) in [5.74, 6) is -0.875. The summed E-state index contributed by atoms with van der Waals surface area (Å²) in [6.07, 6.45) is 0.424. The Morgan fingerprint density at radius 2 is 1.74 bits per heavy atom. The molecule has 9 heteroatoms. The number of hydrogen-bond acceptors (Lipinski definition) is 7. The molecule has 2 aliphatic heterocycles. The normalized spacial score (nSPS) is 16.2. The summed E-state index contributed by atoms with van der Waals surface area (Å²) in [4.78, 5) is 42.5. The van der Waals surface area contributed by atoms with E-state index >= 15 is 0 Å². The molecule has 35 heavy (non-hydrogen) atoms. The van der Waals surface area contributed by atoms with E-state index in [2.05, 4.69) is 0 Å². The predicted octanol–water partition coefficient (Wildman–Crippen LogP) is 3.55. The van der Waals surface area contributed by atoms with Gasteiger partial charge in [-0.05, 0) is 41.7 Å². The monoisotopic (exact) mass is 482 g/mol. The third kappa shape index (κ3) is 6.30. The Morgan fingerprint density at radius 1 is 1.03 bits per heavy atom. The quantitative estimate of drug-likeness (QED) is 0.639. The number of nitrogens with zero attached hydrogens (tertiary/aromatic N) is 2. The minimum atomic E-state index is -1.03. The molecule has 0 aromatic heterocycles. The van der Waals surface area contributed by atoms with E-state index in [4.69, 9.17) is 19.4 Å². The SMILES string of the molecule is CC(COC(=O)N1CCOc2cc3c(cc21)CCN(OC(=O)CCC(=O)O)CC3)c1ccccc1. The zero-order valence-electron chi connectivity index (χ0n) is 19.8. The molecule has 0 saturated carbocycles.